The van der Waals surface area contributed by atoms with Crippen LogP contribution in [0.15, 0.2) is 24.3 Å². The van der Waals surface area contributed by atoms with Gasteiger partial charge in [0.2, 0.25) is 0 Å². The van der Waals surface area contributed by atoms with Crippen LogP contribution in [-0.4, -0.2) is 41.3 Å². The molecule has 0 unspecified atom stereocenters. The second kappa shape index (κ2) is 6.62. The first kappa shape index (κ1) is 15.9. The lowest BCUT2D eigenvalue weighted by Crippen LogP contribution is -2.39. The van der Waals surface area contributed by atoms with E-state index in [0.717, 1.165) is 42.1 Å². The highest BCUT2D eigenvalue weighted by Crippen LogP contribution is 2.25. The van der Waals surface area contributed by atoms with Crippen molar-refractivity contribution in [2.24, 2.45) is 0 Å². The van der Waals surface area contributed by atoms with Gasteiger partial charge >= 0.3 is 0 Å². The van der Waals surface area contributed by atoms with Crippen LogP contribution in [0, 0.1) is 19.7 Å². The molecule has 2 heterocycles. The second-order valence-corrected chi connectivity index (χ2v) is 6.47. The van der Waals surface area contributed by atoms with Crippen LogP contribution in [0.2, 0.25) is 0 Å². The minimum Gasteiger partial charge on any atom is -0.365 e. The fourth-order valence-electron chi connectivity index (χ4n) is 3.10. The van der Waals surface area contributed by atoms with Gasteiger partial charge in [0.25, 0.3) is 0 Å². The Hall–Kier alpha value is -2.01. The first-order chi connectivity index (χ1) is 11.0. The molecule has 5 heteroatoms. The summed E-state index contributed by atoms with van der Waals surface area (Å²) in [4.78, 5) is 2.33. The van der Waals surface area contributed by atoms with Crippen LogP contribution >= 0.6 is 0 Å². The maximum absolute atomic E-state index is 13.6. The molecule has 1 aromatic heterocycles. The molecule has 1 saturated heterocycles. The number of halogens is 1. The number of aryl methyl sites for hydroxylation is 2. The van der Waals surface area contributed by atoms with Gasteiger partial charge in [0, 0.05) is 18.2 Å². The van der Waals surface area contributed by atoms with Crippen molar-refractivity contribution < 1.29 is 4.39 Å². The molecule has 0 bridgehead atoms. The molecular formula is C18H23FN4. The van der Waals surface area contributed by atoms with Gasteiger partial charge in [-0.15, -0.1) is 10.2 Å². The molecule has 4 nitrogen and oxygen atoms in total. The molecule has 122 valence electrons. The largest absolute Gasteiger partial charge is 0.365 e. The number of anilines is 1. The van der Waals surface area contributed by atoms with E-state index in [9.17, 15) is 4.39 Å². The predicted molar refractivity (Wildman–Crippen MR) is 91.0 cm³/mol. The average molecular weight is 314 g/mol. The van der Waals surface area contributed by atoms with E-state index in [1.54, 1.807) is 13.0 Å². The summed E-state index contributed by atoms with van der Waals surface area (Å²) in [5, 5.41) is 12.1. The molecule has 1 aromatic carbocycles. The lowest BCUT2D eigenvalue weighted by atomic mass is 10.0. The third-order valence-electron chi connectivity index (χ3n) is 4.42. The monoisotopic (exact) mass is 314 g/mol. The van der Waals surface area contributed by atoms with Gasteiger partial charge in [0.1, 0.15) is 11.6 Å². The summed E-state index contributed by atoms with van der Waals surface area (Å²) in [5.74, 6) is 0.615. The van der Waals surface area contributed by atoms with Crippen molar-refractivity contribution in [2.75, 3.05) is 25.5 Å². The highest BCUT2D eigenvalue weighted by molar-refractivity contribution is 5.64. The zero-order chi connectivity index (χ0) is 16.4. The first-order valence-electron chi connectivity index (χ1n) is 8.09. The van der Waals surface area contributed by atoms with Crippen LogP contribution in [0.25, 0.3) is 11.3 Å². The Labute approximate surface area is 136 Å². The number of nitrogens with one attached hydrogen (secondary N) is 1. The summed E-state index contributed by atoms with van der Waals surface area (Å²) >= 11 is 0. The van der Waals surface area contributed by atoms with E-state index >= 15 is 0 Å². The summed E-state index contributed by atoms with van der Waals surface area (Å²) in [6.45, 7) is 5.84. The van der Waals surface area contributed by atoms with Gasteiger partial charge in [0.05, 0.1) is 5.69 Å². The number of likely N-dealkylation sites (N-methyl/N-ethyl adjacent to an activating group) is 1. The van der Waals surface area contributed by atoms with Gasteiger partial charge in [-0.2, -0.15) is 0 Å². The molecular weight excluding hydrogens is 291 g/mol. The Kier molecular flexibility index (Phi) is 4.57. The normalized spacial score (nSPS) is 18.9. The lowest BCUT2D eigenvalue weighted by Gasteiger charge is -2.30. The number of benzene rings is 1. The first-order valence-corrected chi connectivity index (χ1v) is 8.09. The van der Waals surface area contributed by atoms with Gasteiger partial charge in [0.15, 0.2) is 0 Å². The molecule has 1 aliphatic heterocycles. The number of rotatable bonds is 3. The molecule has 1 fully saturated rings. The fraction of sp³-hybridized carbons (Fsp3) is 0.444. The molecule has 0 radical (unpaired) electrons. The maximum Gasteiger partial charge on any atom is 0.148 e. The maximum atomic E-state index is 13.6. The van der Waals surface area contributed by atoms with E-state index in [-0.39, 0.29) is 5.82 Å². The van der Waals surface area contributed by atoms with Crippen LogP contribution in [0.4, 0.5) is 10.2 Å². The molecule has 3 rings (SSSR count). The van der Waals surface area contributed by atoms with Crippen molar-refractivity contribution in [3.8, 4) is 11.3 Å². The van der Waals surface area contributed by atoms with Crippen molar-refractivity contribution >= 4 is 5.82 Å². The Morgan fingerprint density at radius 1 is 1.17 bits per heavy atom. The number of hydrogen-bond donors (Lipinski definition) is 1. The number of nitrogens with zero attached hydrogens (tertiary/aromatic N) is 3. The van der Waals surface area contributed by atoms with E-state index in [4.69, 9.17) is 0 Å². The predicted octanol–water partition coefficient (Wildman–Crippen LogP) is 3.41. The molecule has 1 aliphatic rings. The Morgan fingerprint density at radius 3 is 2.70 bits per heavy atom. The van der Waals surface area contributed by atoms with E-state index in [0.29, 0.717) is 11.6 Å². The zero-order valence-electron chi connectivity index (χ0n) is 13.9. The van der Waals surface area contributed by atoms with Crippen LogP contribution in [0.3, 0.4) is 0 Å². The van der Waals surface area contributed by atoms with Gasteiger partial charge in [-0.3, -0.25) is 0 Å². The summed E-state index contributed by atoms with van der Waals surface area (Å²) < 4.78 is 13.6. The summed E-state index contributed by atoms with van der Waals surface area (Å²) in [7, 11) is 2.14. The zero-order valence-corrected chi connectivity index (χ0v) is 13.9. The van der Waals surface area contributed by atoms with Crippen molar-refractivity contribution in [2.45, 2.75) is 32.7 Å². The topological polar surface area (TPSA) is 41.0 Å². The van der Waals surface area contributed by atoms with Crippen LogP contribution in [0.5, 0.6) is 0 Å². The van der Waals surface area contributed by atoms with Crippen molar-refractivity contribution in [1.29, 1.82) is 0 Å². The molecule has 2 aromatic rings. The summed E-state index contributed by atoms with van der Waals surface area (Å²) in [6, 6.07) is 7.70. The minimum absolute atomic E-state index is 0.182. The molecule has 0 aliphatic carbocycles. The van der Waals surface area contributed by atoms with Gasteiger partial charge in [-0.25, -0.2) is 4.39 Å². The van der Waals surface area contributed by atoms with Crippen LogP contribution < -0.4 is 5.32 Å². The molecule has 1 N–H and O–H groups in total. The molecule has 0 spiro atoms. The summed E-state index contributed by atoms with van der Waals surface area (Å²) in [5.41, 5.74) is 3.20. The van der Waals surface area contributed by atoms with Crippen molar-refractivity contribution in [1.82, 2.24) is 15.1 Å². The number of aromatic nitrogens is 2. The average Bonchev–Trinajstić information content (AvgIpc) is 2.52. The standard InChI is InChI=1S/C18H23FN4/c1-12-10-16(19)13(2)9-15(12)17-6-7-18(22-21-17)20-14-5-4-8-23(3)11-14/h6-7,9-10,14H,4-5,8,11H2,1-3H3,(H,20,22)/t14-/m1/s1. The highest BCUT2D eigenvalue weighted by Gasteiger charge is 2.17. The SMILES string of the molecule is Cc1cc(-c2ccc(N[C@@H]3CCCN(C)C3)nn2)c(C)cc1F. The van der Waals surface area contributed by atoms with E-state index in [1.807, 2.05) is 25.1 Å². The number of piperidine rings is 1. The quantitative estimate of drug-likeness (QED) is 0.942. The molecule has 0 saturated carbocycles. The number of hydrogen-bond acceptors (Lipinski definition) is 4. The second-order valence-electron chi connectivity index (χ2n) is 6.47. The summed E-state index contributed by atoms with van der Waals surface area (Å²) in [6.07, 6.45) is 2.36. The van der Waals surface area contributed by atoms with Gasteiger partial charge in [-0.05, 0) is 75.7 Å². The third-order valence-corrected chi connectivity index (χ3v) is 4.42. The Bertz CT molecular complexity index is 684. The highest BCUT2D eigenvalue weighted by atomic mass is 19.1. The number of likely N-dealkylation sites (tertiary alicyclic amines) is 1. The Morgan fingerprint density at radius 2 is 2.00 bits per heavy atom. The van der Waals surface area contributed by atoms with Crippen LogP contribution in [0.1, 0.15) is 24.0 Å². The van der Waals surface area contributed by atoms with Gasteiger partial charge in [-0.1, -0.05) is 0 Å². The van der Waals surface area contributed by atoms with E-state index in [2.05, 4.69) is 27.5 Å². The lowest BCUT2D eigenvalue weighted by molar-refractivity contribution is 0.260. The van der Waals surface area contributed by atoms with Crippen molar-refractivity contribution in [3.63, 3.8) is 0 Å². The van der Waals surface area contributed by atoms with Crippen molar-refractivity contribution in [3.05, 3.63) is 41.2 Å². The molecule has 0 amide bonds. The van der Waals surface area contributed by atoms with E-state index < -0.39 is 0 Å². The van der Waals surface area contributed by atoms with E-state index in [1.165, 1.54) is 6.42 Å². The molecule has 1 atom stereocenters. The third kappa shape index (κ3) is 3.67. The fourth-order valence-corrected chi connectivity index (χ4v) is 3.10. The van der Waals surface area contributed by atoms with Gasteiger partial charge < -0.3 is 10.2 Å². The van der Waals surface area contributed by atoms with Crippen LogP contribution in [-0.2, 0) is 0 Å². The minimum atomic E-state index is -0.182. The smallest absolute Gasteiger partial charge is 0.148 e. The Balaban J connectivity index is 1.76. The molecule has 23 heavy (non-hydrogen) atoms.